The number of hydrogen-bond donors (Lipinski definition) is 2. The summed E-state index contributed by atoms with van der Waals surface area (Å²) in [6.45, 7) is 1.64. The highest BCUT2D eigenvalue weighted by molar-refractivity contribution is 5.30. The smallest absolute Gasteiger partial charge is 0.352 e. The number of aliphatic hydroxyl groups is 1. The van der Waals surface area contributed by atoms with Crippen LogP contribution >= 0.6 is 0 Å². The van der Waals surface area contributed by atoms with E-state index in [1.54, 1.807) is 18.2 Å². The molecule has 2 atom stereocenters. The largest absolute Gasteiger partial charge is 0.391 e. The maximum atomic E-state index is 12.7. The molecule has 0 bridgehead atoms. The van der Waals surface area contributed by atoms with Gasteiger partial charge in [-0.1, -0.05) is 30.3 Å². The zero-order chi connectivity index (χ0) is 18.2. The molecule has 6 heteroatoms. The molecule has 0 fully saturated rings. The fourth-order valence-corrected chi connectivity index (χ4v) is 2.00. The summed E-state index contributed by atoms with van der Waals surface area (Å²) in [5, 5.41) is 10.3. The van der Waals surface area contributed by atoms with E-state index in [4.69, 9.17) is 5.52 Å². The molecule has 0 aliphatic rings. The standard InChI is InChI=1S/C14H17N3O3/c1-9(2)12(10(3)18)17-14(20)16(13(19)15-17)11-7-5-4-6-8-11/h4-8,10,12,18H,1H2,2-3H3,(H,15,19)/t10-,12+/m0/s1/i1D2,10D/hD. The third kappa shape index (κ3) is 2.37. The SMILES string of the molecule is [2H]C([2H])=C(C)[C@@H](n1c(=O)n(-c2ccccc2)c(=O)n1[2H])[C@]([2H])(C)O. The molecule has 0 saturated heterocycles. The van der Waals surface area contributed by atoms with Crippen molar-refractivity contribution in [3.63, 3.8) is 0 Å². The lowest BCUT2D eigenvalue weighted by molar-refractivity contribution is 0.138. The summed E-state index contributed by atoms with van der Waals surface area (Å²) < 4.78 is 31.8. The number of rotatable bonds is 4. The molecule has 2 aromatic rings. The van der Waals surface area contributed by atoms with Crippen LogP contribution in [0.2, 0.25) is 1.41 Å². The van der Waals surface area contributed by atoms with E-state index in [1.165, 1.54) is 19.1 Å². The Kier molecular flexibility index (Phi) is 2.55. The van der Waals surface area contributed by atoms with E-state index < -0.39 is 30.0 Å². The third-order valence-electron chi connectivity index (χ3n) is 2.84. The lowest BCUT2D eigenvalue weighted by atomic mass is 10.1. The van der Waals surface area contributed by atoms with Crippen molar-refractivity contribution in [3.8, 4) is 5.69 Å². The normalized spacial score (nSPS) is 18.1. The first-order valence-corrected chi connectivity index (χ1v) is 5.95. The summed E-state index contributed by atoms with van der Waals surface area (Å²) in [6, 6.07) is 6.39. The average molecular weight is 279 g/mol. The predicted octanol–water partition coefficient (Wildman–Crippen LogP) is 0.825. The molecule has 1 heterocycles. The van der Waals surface area contributed by atoms with E-state index in [-0.39, 0.29) is 16.4 Å². The first kappa shape index (κ1) is 9.55. The molecular formula is C14H17N3O3. The van der Waals surface area contributed by atoms with E-state index in [9.17, 15) is 14.7 Å². The zero-order valence-electron chi connectivity index (χ0n) is 15.1. The first-order valence-electron chi connectivity index (χ1n) is 7.89. The van der Waals surface area contributed by atoms with Crippen LogP contribution < -0.4 is 11.4 Å². The molecule has 0 aliphatic heterocycles. The van der Waals surface area contributed by atoms with Crippen molar-refractivity contribution >= 4 is 0 Å². The molecule has 6 nitrogen and oxygen atoms in total. The van der Waals surface area contributed by atoms with Gasteiger partial charge in [0.2, 0.25) is 0 Å². The lowest BCUT2D eigenvalue weighted by Crippen LogP contribution is -2.33. The second-order valence-corrected chi connectivity index (χ2v) is 4.41. The summed E-state index contributed by atoms with van der Waals surface area (Å²) in [5.41, 5.74) is -1.82. The Morgan fingerprint density at radius 3 is 2.70 bits per heavy atom. The molecule has 0 aliphatic carbocycles. The minimum atomic E-state index is -2.32. The second-order valence-electron chi connectivity index (χ2n) is 4.41. The van der Waals surface area contributed by atoms with E-state index >= 15 is 0 Å². The predicted molar refractivity (Wildman–Crippen MR) is 76.2 cm³/mol. The Morgan fingerprint density at radius 2 is 2.15 bits per heavy atom. The molecule has 2 N–H and O–H groups in total. The maximum absolute atomic E-state index is 12.7. The molecule has 0 unspecified atom stereocenters. The second kappa shape index (κ2) is 5.34. The molecule has 106 valence electrons. The van der Waals surface area contributed by atoms with Crippen LogP contribution in [0.3, 0.4) is 0 Å². The van der Waals surface area contributed by atoms with Gasteiger partial charge in [-0.15, -0.1) is 0 Å². The summed E-state index contributed by atoms with van der Waals surface area (Å²) in [6.07, 6.45) is -2.32. The van der Waals surface area contributed by atoms with Crippen LogP contribution in [0.25, 0.3) is 5.69 Å². The third-order valence-corrected chi connectivity index (χ3v) is 2.84. The van der Waals surface area contributed by atoms with Gasteiger partial charge in [-0.25, -0.2) is 23.9 Å². The van der Waals surface area contributed by atoms with Gasteiger partial charge in [0.05, 0.1) is 15.9 Å². The summed E-state index contributed by atoms with van der Waals surface area (Å²) in [4.78, 5) is 25.0. The van der Waals surface area contributed by atoms with Crippen molar-refractivity contribution < 1.29 is 10.6 Å². The van der Waals surface area contributed by atoms with Crippen molar-refractivity contribution in [1.29, 1.82) is 0 Å². The molecule has 1 aromatic carbocycles. The summed E-state index contributed by atoms with van der Waals surface area (Å²) in [5.74, 6) is 0. The number of para-hydroxylation sites is 1. The first-order chi connectivity index (χ1) is 11.1. The average Bonchev–Trinajstić information content (AvgIpc) is 2.70. The van der Waals surface area contributed by atoms with Crippen molar-refractivity contribution in [2.24, 2.45) is 0 Å². The summed E-state index contributed by atoms with van der Waals surface area (Å²) >= 11 is 0. The fraction of sp³-hybridized carbons (Fsp3) is 0.286. The Morgan fingerprint density at radius 1 is 1.50 bits per heavy atom. The number of nitrogens with zero attached hydrogens (tertiary/aromatic N) is 2. The van der Waals surface area contributed by atoms with Crippen molar-refractivity contribution in [3.05, 3.63) is 63.4 Å². The molecule has 1 aromatic heterocycles. The molecule has 0 spiro atoms. The van der Waals surface area contributed by atoms with Gasteiger partial charge in [0.25, 0.3) is 0 Å². The van der Waals surface area contributed by atoms with Crippen LogP contribution in [0.4, 0.5) is 0 Å². The molecule has 0 radical (unpaired) electrons. The molecule has 20 heavy (non-hydrogen) atoms. The highest BCUT2D eigenvalue weighted by Crippen LogP contribution is 2.16. The minimum absolute atomic E-state index is 0.122. The van der Waals surface area contributed by atoms with Gasteiger partial charge < -0.3 is 5.11 Å². The topological polar surface area (TPSA) is 80.0 Å². The zero-order valence-corrected chi connectivity index (χ0v) is 11.1. The molecule has 0 amide bonds. The number of hydrogen-bond acceptors (Lipinski definition) is 3. The number of H-pyrrole nitrogens is 1. The Balaban J connectivity index is 2.83. The number of aromatic nitrogens is 3. The van der Waals surface area contributed by atoms with Gasteiger partial charge in [0.15, 0.2) is 1.41 Å². The summed E-state index contributed by atoms with van der Waals surface area (Å²) in [7, 11) is 0. The van der Waals surface area contributed by atoms with E-state index in [2.05, 4.69) is 0 Å². The number of aromatic amines is 1. The van der Waals surface area contributed by atoms with Gasteiger partial charge in [-0.2, -0.15) is 0 Å². The van der Waals surface area contributed by atoms with Crippen LogP contribution in [-0.4, -0.2) is 25.5 Å². The highest BCUT2D eigenvalue weighted by Gasteiger charge is 2.23. The van der Waals surface area contributed by atoms with Crippen molar-refractivity contribution in [1.82, 2.24) is 14.3 Å². The quantitative estimate of drug-likeness (QED) is 0.813. The van der Waals surface area contributed by atoms with Crippen molar-refractivity contribution in [2.75, 3.05) is 0 Å². The fourth-order valence-electron chi connectivity index (χ4n) is 2.00. The highest BCUT2D eigenvalue weighted by atomic mass is 16.3. The van der Waals surface area contributed by atoms with Gasteiger partial charge in [0.1, 0.15) is 6.04 Å². The Labute approximate surface area is 121 Å². The van der Waals surface area contributed by atoms with Crippen LogP contribution in [0.15, 0.2) is 52.0 Å². The van der Waals surface area contributed by atoms with Crippen LogP contribution in [0.5, 0.6) is 0 Å². The molecule has 0 saturated carbocycles. The van der Waals surface area contributed by atoms with Gasteiger partial charge in [0, 0.05) is 0 Å². The van der Waals surface area contributed by atoms with Crippen LogP contribution in [-0.2, 0) is 0 Å². The van der Waals surface area contributed by atoms with Gasteiger partial charge in [-0.3, -0.25) is 0 Å². The monoisotopic (exact) mass is 279 g/mol. The number of nitrogens with one attached hydrogen (secondary N) is 1. The maximum Gasteiger partial charge on any atom is 0.352 e. The van der Waals surface area contributed by atoms with E-state index in [0.717, 1.165) is 11.5 Å². The minimum Gasteiger partial charge on any atom is -0.391 e. The van der Waals surface area contributed by atoms with Crippen LogP contribution in [0, 0.1) is 0 Å². The van der Waals surface area contributed by atoms with Gasteiger partial charge >= 0.3 is 11.4 Å². The molecule has 2 rings (SSSR count). The Hall–Kier alpha value is -2.34. The van der Waals surface area contributed by atoms with Crippen LogP contribution in [0.1, 0.15) is 24.0 Å². The van der Waals surface area contributed by atoms with Crippen molar-refractivity contribution in [2.45, 2.75) is 26.0 Å². The van der Waals surface area contributed by atoms with E-state index in [1.807, 2.05) is 0 Å². The van der Waals surface area contributed by atoms with Gasteiger partial charge in [-0.05, 0) is 26.0 Å². The number of benzene rings is 1. The lowest BCUT2D eigenvalue weighted by Gasteiger charge is -2.19. The van der Waals surface area contributed by atoms with E-state index in [0.29, 0.717) is 4.68 Å². The molecular weight excluding hydrogens is 258 g/mol. The Bertz CT molecular complexity index is 887.